The summed E-state index contributed by atoms with van der Waals surface area (Å²) >= 11 is 5.81. The molecule has 0 aliphatic carbocycles. The second kappa shape index (κ2) is 8.86. The van der Waals surface area contributed by atoms with Crippen molar-refractivity contribution < 1.29 is 18.9 Å². The highest BCUT2D eigenvalue weighted by Gasteiger charge is 2.15. The second-order valence-electron chi connectivity index (χ2n) is 5.37. The number of hydrogen-bond acceptors (Lipinski definition) is 5. The fourth-order valence-electron chi connectivity index (χ4n) is 2.05. The lowest BCUT2D eigenvalue weighted by molar-refractivity contribution is -0.385. The van der Waals surface area contributed by atoms with Gasteiger partial charge in [-0.05, 0) is 25.1 Å². The first-order valence-corrected chi connectivity index (χ1v) is 7.96. The van der Waals surface area contributed by atoms with Crippen molar-refractivity contribution >= 4 is 35.3 Å². The van der Waals surface area contributed by atoms with Gasteiger partial charge in [-0.2, -0.15) is 5.10 Å². The molecule has 0 saturated carbocycles. The number of carbonyl (C=O) groups is 2. The number of nitrogens with zero attached hydrogens (tertiary/aromatic N) is 2. The van der Waals surface area contributed by atoms with Gasteiger partial charge in [0.2, 0.25) is 0 Å². The van der Waals surface area contributed by atoms with E-state index in [4.69, 9.17) is 11.6 Å². The van der Waals surface area contributed by atoms with E-state index in [1.54, 1.807) is 6.92 Å². The van der Waals surface area contributed by atoms with Crippen LogP contribution in [0, 0.1) is 22.9 Å². The highest BCUT2D eigenvalue weighted by molar-refractivity contribution is 6.33. The number of benzene rings is 2. The lowest BCUT2D eigenvalue weighted by Gasteiger charge is -2.05. The van der Waals surface area contributed by atoms with Crippen molar-refractivity contribution in [3.05, 3.63) is 74.0 Å². The topological polar surface area (TPSA) is 114 Å². The van der Waals surface area contributed by atoms with E-state index in [2.05, 4.69) is 15.8 Å². The molecule has 0 atom stereocenters. The van der Waals surface area contributed by atoms with Gasteiger partial charge in [-0.3, -0.25) is 19.7 Å². The van der Waals surface area contributed by atoms with E-state index in [9.17, 15) is 24.1 Å². The number of nitro groups is 1. The number of amides is 2. The zero-order valence-corrected chi connectivity index (χ0v) is 14.8. The Bertz CT molecular complexity index is 913. The number of nitrogens with one attached hydrogen (secondary N) is 2. The van der Waals surface area contributed by atoms with Crippen LogP contribution in [0.5, 0.6) is 0 Å². The van der Waals surface area contributed by atoms with Crippen molar-refractivity contribution in [2.45, 2.75) is 6.92 Å². The van der Waals surface area contributed by atoms with Crippen molar-refractivity contribution in [1.82, 2.24) is 10.7 Å². The first kappa shape index (κ1) is 20.0. The SMILES string of the molecule is Cc1ccc(C(=O)NCC(=O)N/N=C\c2c(F)cccc2Cl)cc1[N+](=O)[O-]. The van der Waals surface area contributed by atoms with Gasteiger partial charge in [0.25, 0.3) is 17.5 Å². The fourth-order valence-corrected chi connectivity index (χ4v) is 2.26. The van der Waals surface area contributed by atoms with Crippen LogP contribution in [0.4, 0.5) is 10.1 Å². The summed E-state index contributed by atoms with van der Waals surface area (Å²) in [6.07, 6.45) is 1.04. The average molecular weight is 393 g/mol. The molecule has 0 unspecified atom stereocenters. The molecule has 0 aliphatic rings. The lowest BCUT2D eigenvalue weighted by atomic mass is 10.1. The van der Waals surface area contributed by atoms with Gasteiger partial charge in [0, 0.05) is 22.8 Å². The largest absolute Gasteiger partial charge is 0.343 e. The molecule has 140 valence electrons. The predicted molar refractivity (Wildman–Crippen MR) is 97.3 cm³/mol. The maximum atomic E-state index is 13.5. The Kier molecular flexibility index (Phi) is 6.56. The maximum Gasteiger partial charge on any atom is 0.273 e. The van der Waals surface area contributed by atoms with E-state index >= 15 is 0 Å². The Morgan fingerprint density at radius 2 is 2.07 bits per heavy atom. The number of carbonyl (C=O) groups excluding carboxylic acids is 2. The second-order valence-corrected chi connectivity index (χ2v) is 5.78. The zero-order valence-electron chi connectivity index (χ0n) is 14.0. The van der Waals surface area contributed by atoms with Crippen LogP contribution in [-0.4, -0.2) is 29.5 Å². The van der Waals surface area contributed by atoms with Crippen LogP contribution in [0.15, 0.2) is 41.5 Å². The molecule has 27 heavy (non-hydrogen) atoms. The summed E-state index contributed by atoms with van der Waals surface area (Å²) in [4.78, 5) is 34.0. The third-order valence-electron chi connectivity index (χ3n) is 3.46. The van der Waals surface area contributed by atoms with Crippen LogP contribution >= 0.6 is 11.6 Å². The summed E-state index contributed by atoms with van der Waals surface area (Å²) in [6.45, 7) is 1.12. The van der Waals surface area contributed by atoms with Gasteiger partial charge in [-0.1, -0.05) is 23.7 Å². The van der Waals surface area contributed by atoms with Gasteiger partial charge in [0.05, 0.1) is 22.7 Å². The summed E-state index contributed by atoms with van der Waals surface area (Å²) in [6, 6.07) is 8.06. The summed E-state index contributed by atoms with van der Waals surface area (Å²) in [7, 11) is 0. The summed E-state index contributed by atoms with van der Waals surface area (Å²) in [5, 5.41) is 16.9. The van der Waals surface area contributed by atoms with Gasteiger partial charge in [0.15, 0.2) is 0 Å². The van der Waals surface area contributed by atoms with Gasteiger partial charge in [-0.15, -0.1) is 0 Å². The van der Waals surface area contributed by atoms with Crippen molar-refractivity contribution in [1.29, 1.82) is 0 Å². The monoisotopic (exact) mass is 392 g/mol. The van der Waals surface area contributed by atoms with Crippen LogP contribution in [0.1, 0.15) is 21.5 Å². The summed E-state index contributed by atoms with van der Waals surface area (Å²) in [5.41, 5.74) is 2.38. The van der Waals surface area contributed by atoms with Crippen LogP contribution in [0.25, 0.3) is 0 Å². The Morgan fingerprint density at radius 1 is 1.33 bits per heavy atom. The molecule has 0 aromatic heterocycles. The molecule has 0 bridgehead atoms. The third-order valence-corrected chi connectivity index (χ3v) is 3.79. The Hall–Kier alpha value is -3.33. The zero-order chi connectivity index (χ0) is 20.0. The Morgan fingerprint density at radius 3 is 2.74 bits per heavy atom. The van der Waals surface area contributed by atoms with Crippen LogP contribution in [0.3, 0.4) is 0 Å². The molecular formula is C17H14ClFN4O4. The Labute approximate surface area is 158 Å². The van der Waals surface area contributed by atoms with E-state index in [1.165, 1.54) is 30.3 Å². The molecule has 2 amide bonds. The molecule has 0 spiro atoms. The van der Waals surface area contributed by atoms with Crippen LogP contribution < -0.4 is 10.7 Å². The normalized spacial score (nSPS) is 10.6. The number of hydrazone groups is 1. The molecule has 8 nitrogen and oxygen atoms in total. The average Bonchev–Trinajstić information content (AvgIpc) is 2.62. The smallest absolute Gasteiger partial charge is 0.273 e. The molecule has 10 heteroatoms. The molecule has 2 N–H and O–H groups in total. The molecule has 0 aliphatic heterocycles. The van der Waals surface area contributed by atoms with E-state index in [1.807, 2.05) is 0 Å². The summed E-state index contributed by atoms with van der Waals surface area (Å²) in [5.74, 6) is -1.93. The van der Waals surface area contributed by atoms with Gasteiger partial charge >= 0.3 is 0 Å². The number of hydrogen-bond donors (Lipinski definition) is 2. The van der Waals surface area contributed by atoms with Crippen molar-refractivity contribution in [3.63, 3.8) is 0 Å². The lowest BCUT2D eigenvalue weighted by Crippen LogP contribution is -2.35. The highest BCUT2D eigenvalue weighted by atomic mass is 35.5. The van der Waals surface area contributed by atoms with E-state index in [0.29, 0.717) is 5.56 Å². The van der Waals surface area contributed by atoms with Crippen LogP contribution in [-0.2, 0) is 4.79 Å². The molecule has 0 saturated heterocycles. The number of aryl methyl sites for hydroxylation is 1. The maximum absolute atomic E-state index is 13.5. The number of rotatable bonds is 6. The van der Waals surface area contributed by atoms with E-state index in [-0.39, 0.29) is 21.8 Å². The minimum Gasteiger partial charge on any atom is -0.343 e. The van der Waals surface area contributed by atoms with Crippen molar-refractivity contribution in [2.24, 2.45) is 5.10 Å². The molecular weight excluding hydrogens is 379 g/mol. The molecule has 2 aromatic carbocycles. The minimum atomic E-state index is -0.673. The fraction of sp³-hybridized carbons (Fsp3) is 0.118. The van der Waals surface area contributed by atoms with E-state index < -0.39 is 29.1 Å². The van der Waals surface area contributed by atoms with Crippen LogP contribution in [0.2, 0.25) is 5.02 Å². The third kappa shape index (κ3) is 5.32. The van der Waals surface area contributed by atoms with Gasteiger partial charge in [-0.25, -0.2) is 9.82 Å². The first-order valence-electron chi connectivity index (χ1n) is 7.58. The quantitative estimate of drug-likeness (QED) is 0.446. The van der Waals surface area contributed by atoms with Crippen molar-refractivity contribution in [3.8, 4) is 0 Å². The Balaban J connectivity index is 1.92. The highest BCUT2D eigenvalue weighted by Crippen LogP contribution is 2.19. The first-order chi connectivity index (χ1) is 12.8. The van der Waals surface area contributed by atoms with Gasteiger partial charge < -0.3 is 5.32 Å². The van der Waals surface area contributed by atoms with E-state index in [0.717, 1.165) is 12.3 Å². The van der Waals surface area contributed by atoms with Crippen molar-refractivity contribution in [2.75, 3.05) is 6.54 Å². The number of halogens is 2. The van der Waals surface area contributed by atoms with Gasteiger partial charge in [0.1, 0.15) is 5.82 Å². The predicted octanol–water partition coefficient (Wildman–Crippen LogP) is 2.58. The standard InChI is InChI=1S/C17H14ClFN4O4/c1-10-5-6-11(7-15(10)23(26)27)17(25)20-9-16(24)22-21-8-12-13(18)3-2-4-14(12)19/h2-8H,9H2,1H3,(H,20,25)(H,22,24)/b21-8-. The summed E-state index contributed by atoms with van der Waals surface area (Å²) < 4.78 is 13.5. The molecule has 0 fully saturated rings. The minimum absolute atomic E-state index is 0.00969. The number of nitro benzene ring substituents is 1. The molecule has 0 heterocycles. The molecule has 0 radical (unpaired) electrons. The molecule has 2 rings (SSSR count). The molecule has 2 aromatic rings.